The molecule has 0 bridgehead atoms. The highest BCUT2D eigenvalue weighted by molar-refractivity contribution is 7.90. The van der Waals surface area contributed by atoms with E-state index in [1.807, 2.05) is 0 Å². The van der Waals surface area contributed by atoms with Crippen molar-refractivity contribution in [2.24, 2.45) is 5.92 Å². The van der Waals surface area contributed by atoms with E-state index in [1.54, 1.807) is 0 Å². The van der Waals surface area contributed by atoms with Gasteiger partial charge in [-0.05, 0) is 32.4 Å². The van der Waals surface area contributed by atoms with Crippen LogP contribution in [0.1, 0.15) is 19.8 Å². The molecule has 1 saturated heterocycles. The lowest BCUT2D eigenvalue weighted by Gasteiger charge is -2.20. The van der Waals surface area contributed by atoms with Gasteiger partial charge in [0, 0.05) is 19.6 Å². The number of hydrogen-bond acceptors (Lipinski definition) is 3. The molecule has 1 aliphatic heterocycles. The standard InChI is InChI=1S/C10H21ClN2O2S/c1-3-5-12(2)7-10-4-6-13(8-10)16(14,15)9-11/h10H,3-9H2,1-2H3. The van der Waals surface area contributed by atoms with Crippen LogP contribution in [-0.4, -0.2) is 56.1 Å². The lowest BCUT2D eigenvalue weighted by molar-refractivity contribution is 0.281. The van der Waals surface area contributed by atoms with Crippen LogP contribution in [0, 0.1) is 5.92 Å². The summed E-state index contributed by atoms with van der Waals surface area (Å²) in [5, 5.41) is -0.301. The van der Waals surface area contributed by atoms with Gasteiger partial charge in [0.25, 0.3) is 0 Å². The molecule has 0 saturated carbocycles. The van der Waals surface area contributed by atoms with Crippen molar-refractivity contribution in [2.75, 3.05) is 38.4 Å². The molecule has 0 aromatic heterocycles. The van der Waals surface area contributed by atoms with Gasteiger partial charge < -0.3 is 4.90 Å². The molecule has 96 valence electrons. The molecule has 0 radical (unpaired) electrons. The summed E-state index contributed by atoms with van der Waals surface area (Å²) in [6, 6.07) is 0. The zero-order chi connectivity index (χ0) is 12.2. The average molecular weight is 269 g/mol. The summed E-state index contributed by atoms with van der Waals surface area (Å²) in [4.78, 5) is 2.27. The molecule has 1 fully saturated rings. The number of sulfonamides is 1. The van der Waals surface area contributed by atoms with Crippen molar-refractivity contribution in [3.05, 3.63) is 0 Å². The van der Waals surface area contributed by atoms with Crippen LogP contribution in [0.15, 0.2) is 0 Å². The Bertz CT molecular complexity index is 308. The summed E-state index contributed by atoms with van der Waals surface area (Å²) in [6.45, 7) is 5.44. The average Bonchev–Trinajstić information content (AvgIpc) is 2.67. The maximum Gasteiger partial charge on any atom is 0.228 e. The summed E-state index contributed by atoms with van der Waals surface area (Å²) in [5.41, 5.74) is 0. The molecule has 4 nitrogen and oxygen atoms in total. The van der Waals surface area contributed by atoms with Gasteiger partial charge in [0.05, 0.1) is 0 Å². The first kappa shape index (κ1) is 14.2. The Balaban J connectivity index is 2.41. The van der Waals surface area contributed by atoms with E-state index in [-0.39, 0.29) is 5.21 Å². The first-order valence-electron chi connectivity index (χ1n) is 5.72. The van der Waals surface area contributed by atoms with Crippen molar-refractivity contribution in [3.8, 4) is 0 Å². The summed E-state index contributed by atoms with van der Waals surface area (Å²) in [5.74, 6) is 0.453. The quantitative estimate of drug-likeness (QED) is 0.679. The summed E-state index contributed by atoms with van der Waals surface area (Å²) >= 11 is 5.44. The number of halogens is 1. The summed E-state index contributed by atoms with van der Waals surface area (Å²) < 4.78 is 24.6. The van der Waals surface area contributed by atoms with E-state index in [1.165, 1.54) is 4.31 Å². The molecule has 1 aliphatic rings. The minimum absolute atomic E-state index is 0.301. The van der Waals surface area contributed by atoms with Crippen LogP contribution < -0.4 is 0 Å². The molecule has 0 N–H and O–H groups in total. The van der Waals surface area contributed by atoms with Gasteiger partial charge in [-0.1, -0.05) is 6.92 Å². The second kappa shape index (κ2) is 6.19. The Labute approximate surface area is 104 Å². The minimum Gasteiger partial charge on any atom is -0.306 e. The van der Waals surface area contributed by atoms with Crippen molar-refractivity contribution in [2.45, 2.75) is 19.8 Å². The SMILES string of the molecule is CCCN(C)CC1CCN(S(=O)(=O)CCl)C1. The van der Waals surface area contributed by atoms with Crippen LogP contribution in [0.5, 0.6) is 0 Å². The van der Waals surface area contributed by atoms with Crippen molar-refractivity contribution in [1.82, 2.24) is 9.21 Å². The molecular formula is C10H21ClN2O2S. The zero-order valence-electron chi connectivity index (χ0n) is 10.0. The number of alkyl halides is 1. The van der Waals surface area contributed by atoms with Gasteiger partial charge in [-0.2, -0.15) is 0 Å². The fourth-order valence-electron chi connectivity index (χ4n) is 2.18. The van der Waals surface area contributed by atoms with Gasteiger partial charge in [0.2, 0.25) is 10.0 Å². The predicted molar refractivity (Wildman–Crippen MR) is 67.1 cm³/mol. The molecule has 0 spiro atoms. The normalized spacial score (nSPS) is 23.1. The van der Waals surface area contributed by atoms with Crippen molar-refractivity contribution < 1.29 is 8.42 Å². The number of hydrogen-bond donors (Lipinski definition) is 0. The second-order valence-electron chi connectivity index (χ2n) is 4.50. The Kier molecular flexibility index (Phi) is 5.50. The molecule has 1 atom stereocenters. The third kappa shape index (κ3) is 3.87. The van der Waals surface area contributed by atoms with E-state index in [0.717, 1.165) is 25.9 Å². The molecule has 0 amide bonds. The van der Waals surface area contributed by atoms with Crippen LogP contribution in [0.3, 0.4) is 0 Å². The molecule has 1 rings (SSSR count). The molecule has 0 aromatic carbocycles. The maximum absolute atomic E-state index is 11.5. The Hall–Kier alpha value is 0.160. The third-order valence-electron chi connectivity index (χ3n) is 2.96. The topological polar surface area (TPSA) is 40.6 Å². The van der Waals surface area contributed by atoms with Gasteiger partial charge in [-0.25, -0.2) is 12.7 Å². The van der Waals surface area contributed by atoms with Crippen molar-refractivity contribution in [3.63, 3.8) is 0 Å². The van der Waals surface area contributed by atoms with Gasteiger partial charge in [0.1, 0.15) is 5.21 Å². The molecule has 16 heavy (non-hydrogen) atoms. The number of nitrogens with zero attached hydrogens (tertiary/aromatic N) is 2. The van der Waals surface area contributed by atoms with Crippen LogP contribution in [0.2, 0.25) is 0 Å². The molecule has 0 aromatic rings. The van der Waals surface area contributed by atoms with E-state index >= 15 is 0 Å². The lowest BCUT2D eigenvalue weighted by atomic mass is 10.1. The van der Waals surface area contributed by atoms with E-state index in [2.05, 4.69) is 18.9 Å². The van der Waals surface area contributed by atoms with Gasteiger partial charge in [-0.15, -0.1) is 11.6 Å². The molecule has 1 unspecified atom stereocenters. The first-order valence-corrected chi connectivity index (χ1v) is 7.86. The van der Waals surface area contributed by atoms with Crippen LogP contribution in [0.4, 0.5) is 0 Å². The molecular weight excluding hydrogens is 248 g/mol. The van der Waals surface area contributed by atoms with Gasteiger partial charge >= 0.3 is 0 Å². The lowest BCUT2D eigenvalue weighted by Crippen LogP contribution is -2.32. The summed E-state index contributed by atoms with van der Waals surface area (Å²) in [7, 11) is -1.11. The Morgan fingerprint density at radius 2 is 2.19 bits per heavy atom. The van der Waals surface area contributed by atoms with E-state index in [4.69, 9.17) is 11.6 Å². The third-order valence-corrected chi connectivity index (χ3v) is 5.18. The zero-order valence-corrected chi connectivity index (χ0v) is 11.6. The van der Waals surface area contributed by atoms with E-state index in [9.17, 15) is 8.42 Å². The Morgan fingerprint density at radius 1 is 1.50 bits per heavy atom. The largest absolute Gasteiger partial charge is 0.306 e. The van der Waals surface area contributed by atoms with Crippen molar-refractivity contribution >= 4 is 21.6 Å². The minimum atomic E-state index is -3.20. The van der Waals surface area contributed by atoms with Crippen LogP contribution >= 0.6 is 11.6 Å². The van der Waals surface area contributed by atoms with Crippen LogP contribution in [-0.2, 0) is 10.0 Å². The van der Waals surface area contributed by atoms with Crippen LogP contribution in [0.25, 0.3) is 0 Å². The first-order chi connectivity index (χ1) is 7.49. The summed E-state index contributed by atoms with van der Waals surface area (Å²) in [6.07, 6.45) is 2.08. The fraction of sp³-hybridized carbons (Fsp3) is 1.00. The smallest absolute Gasteiger partial charge is 0.228 e. The monoisotopic (exact) mass is 268 g/mol. The van der Waals surface area contributed by atoms with Gasteiger partial charge in [0.15, 0.2) is 0 Å². The fourth-order valence-corrected chi connectivity index (χ4v) is 3.56. The highest BCUT2D eigenvalue weighted by Crippen LogP contribution is 2.20. The van der Waals surface area contributed by atoms with Crippen molar-refractivity contribution in [1.29, 1.82) is 0 Å². The van der Waals surface area contributed by atoms with E-state index in [0.29, 0.717) is 19.0 Å². The highest BCUT2D eigenvalue weighted by atomic mass is 35.5. The Morgan fingerprint density at radius 3 is 2.75 bits per heavy atom. The van der Waals surface area contributed by atoms with Gasteiger partial charge in [-0.3, -0.25) is 0 Å². The molecule has 6 heteroatoms. The maximum atomic E-state index is 11.5. The molecule has 1 heterocycles. The van der Waals surface area contributed by atoms with E-state index < -0.39 is 10.0 Å². The highest BCUT2D eigenvalue weighted by Gasteiger charge is 2.30. The molecule has 0 aliphatic carbocycles. The second-order valence-corrected chi connectivity index (χ2v) is 7.05. The predicted octanol–water partition coefficient (Wildman–Crippen LogP) is 1.18. The number of rotatable bonds is 6.